The second-order valence-electron chi connectivity index (χ2n) is 2.83. The van der Waals surface area contributed by atoms with Crippen molar-refractivity contribution < 1.29 is 12.8 Å². The molecule has 0 aromatic carbocycles. The lowest BCUT2D eigenvalue weighted by molar-refractivity contribution is 0.570. The van der Waals surface area contributed by atoms with Crippen LogP contribution in [-0.2, 0) is 10.0 Å². The maximum atomic E-state index is 11.7. The number of hydrogen-bond acceptors (Lipinski definition) is 6. The van der Waals surface area contributed by atoms with Crippen molar-refractivity contribution in [2.75, 3.05) is 4.72 Å². The Morgan fingerprint density at radius 3 is 2.81 bits per heavy atom. The molecule has 2 heterocycles. The summed E-state index contributed by atoms with van der Waals surface area (Å²) in [6.45, 7) is 1.69. The third-order valence-electron chi connectivity index (χ3n) is 1.56. The average molecular weight is 280 g/mol. The minimum absolute atomic E-state index is 0.00773. The van der Waals surface area contributed by atoms with Crippen LogP contribution in [0.1, 0.15) is 5.69 Å². The SMILES string of the molecule is Cc1coc(NS(=O)(=O)c2cnc(Cl)s2)n1. The number of nitrogens with one attached hydrogen (secondary N) is 1. The molecule has 0 saturated heterocycles. The summed E-state index contributed by atoms with van der Waals surface area (Å²) in [7, 11) is -3.71. The second kappa shape index (κ2) is 4.04. The lowest BCUT2D eigenvalue weighted by atomic mass is 10.6. The first kappa shape index (κ1) is 11.4. The van der Waals surface area contributed by atoms with Gasteiger partial charge in [0.25, 0.3) is 10.0 Å². The molecule has 0 aliphatic carbocycles. The standard InChI is InChI=1S/C7H6ClN3O3S2/c1-4-3-14-7(10-4)11-16(12,13)5-2-9-6(8)15-5/h2-3H,1H3,(H,10,11). The molecule has 0 aliphatic rings. The largest absolute Gasteiger partial charge is 0.431 e. The van der Waals surface area contributed by atoms with Gasteiger partial charge in [0.15, 0.2) is 8.68 Å². The Balaban J connectivity index is 2.27. The molecule has 86 valence electrons. The number of halogens is 1. The van der Waals surface area contributed by atoms with Gasteiger partial charge < -0.3 is 4.42 Å². The Hall–Kier alpha value is -1.12. The summed E-state index contributed by atoms with van der Waals surface area (Å²) in [6, 6.07) is -0.0815. The monoisotopic (exact) mass is 279 g/mol. The number of nitrogens with zero attached hydrogens (tertiary/aromatic N) is 2. The molecular weight excluding hydrogens is 274 g/mol. The first-order valence-corrected chi connectivity index (χ1v) is 6.71. The van der Waals surface area contributed by atoms with Gasteiger partial charge in [-0.3, -0.25) is 0 Å². The summed E-state index contributed by atoms with van der Waals surface area (Å²) in [5.41, 5.74) is 0.583. The first-order chi connectivity index (χ1) is 7.47. The lowest BCUT2D eigenvalue weighted by Gasteiger charge is -1.99. The maximum Gasteiger partial charge on any atom is 0.309 e. The number of sulfonamides is 1. The van der Waals surface area contributed by atoms with E-state index in [-0.39, 0.29) is 14.7 Å². The Morgan fingerprint density at radius 2 is 2.31 bits per heavy atom. The average Bonchev–Trinajstić information content (AvgIpc) is 2.75. The van der Waals surface area contributed by atoms with Crippen LogP contribution in [0.5, 0.6) is 0 Å². The summed E-state index contributed by atoms with van der Waals surface area (Å²) in [5, 5.41) is 0. The van der Waals surface area contributed by atoms with Gasteiger partial charge in [-0.25, -0.2) is 18.1 Å². The van der Waals surface area contributed by atoms with Crippen molar-refractivity contribution in [2.24, 2.45) is 0 Å². The van der Waals surface area contributed by atoms with Crippen molar-refractivity contribution in [3.05, 3.63) is 22.6 Å². The van der Waals surface area contributed by atoms with Gasteiger partial charge in [0.1, 0.15) is 6.26 Å². The van der Waals surface area contributed by atoms with Crippen LogP contribution in [0.2, 0.25) is 4.47 Å². The van der Waals surface area contributed by atoms with Crippen LogP contribution in [0.25, 0.3) is 0 Å². The van der Waals surface area contributed by atoms with Gasteiger partial charge in [-0.05, 0) is 6.92 Å². The van der Waals surface area contributed by atoms with Crippen molar-refractivity contribution in [2.45, 2.75) is 11.1 Å². The summed E-state index contributed by atoms with van der Waals surface area (Å²) >= 11 is 6.40. The van der Waals surface area contributed by atoms with Crippen LogP contribution in [0.3, 0.4) is 0 Å². The topological polar surface area (TPSA) is 85.1 Å². The van der Waals surface area contributed by atoms with E-state index in [0.29, 0.717) is 5.69 Å². The molecule has 0 unspecified atom stereocenters. The van der Waals surface area contributed by atoms with Crippen molar-refractivity contribution in [3.63, 3.8) is 0 Å². The third kappa shape index (κ3) is 2.34. The minimum atomic E-state index is -3.71. The van der Waals surface area contributed by atoms with E-state index in [1.165, 1.54) is 12.5 Å². The number of hydrogen-bond donors (Lipinski definition) is 1. The van der Waals surface area contributed by atoms with E-state index < -0.39 is 10.0 Å². The third-order valence-corrected chi connectivity index (χ3v) is 4.46. The summed E-state index contributed by atoms with van der Waals surface area (Å²) in [5.74, 6) is 0. The minimum Gasteiger partial charge on any atom is -0.431 e. The first-order valence-electron chi connectivity index (χ1n) is 4.04. The molecule has 0 atom stereocenters. The molecule has 2 rings (SSSR count). The van der Waals surface area contributed by atoms with Crippen molar-refractivity contribution >= 4 is 39.0 Å². The number of aromatic nitrogens is 2. The fraction of sp³-hybridized carbons (Fsp3) is 0.143. The normalized spacial score (nSPS) is 11.6. The van der Waals surface area contributed by atoms with E-state index in [1.54, 1.807) is 6.92 Å². The highest BCUT2D eigenvalue weighted by atomic mass is 35.5. The molecular formula is C7H6ClN3O3S2. The van der Waals surface area contributed by atoms with Gasteiger partial charge in [-0.15, -0.1) is 0 Å². The van der Waals surface area contributed by atoms with Gasteiger partial charge in [0, 0.05) is 0 Å². The fourth-order valence-corrected chi connectivity index (χ4v) is 3.16. The van der Waals surface area contributed by atoms with Gasteiger partial charge >= 0.3 is 6.01 Å². The molecule has 0 amide bonds. The summed E-state index contributed by atoms with van der Waals surface area (Å²) in [6.07, 6.45) is 2.52. The van der Waals surface area contributed by atoms with Crippen LogP contribution in [-0.4, -0.2) is 18.4 Å². The van der Waals surface area contributed by atoms with E-state index >= 15 is 0 Å². The van der Waals surface area contributed by atoms with Crippen LogP contribution in [0, 0.1) is 6.92 Å². The predicted molar refractivity (Wildman–Crippen MR) is 59.2 cm³/mol. The molecule has 6 nitrogen and oxygen atoms in total. The highest BCUT2D eigenvalue weighted by molar-refractivity contribution is 7.94. The summed E-state index contributed by atoms with van der Waals surface area (Å²) < 4.78 is 30.7. The van der Waals surface area contributed by atoms with Crippen LogP contribution in [0.4, 0.5) is 6.01 Å². The number of rotatable bonds is 3. The van der Waals surface area contributed by atoms with E-state index in [4.69, 9.17) is 16.0 Å². The molecule has 1 N–H and O–H groups in total. The zero-order valence-corrected chi connectivity index (χ0v) is 10.4. The van der Waals surface area contributed by atoms with Crippen LogP contribution < -0.4 is 4.72 Å². The zero-order chi connectivity index (χ0) is 11.8. The highest BCUT2D eigenvalue weighted by Gasteiger charge is 2.19. The van der Waals surface area contributed by atoms with Crippen LogP contribution >= 0.6 is 22.9 Å². The van der Waals surface area contributed by atoms with Crippen LogP contribution in [0.15, 0.2) is 21.1 Å². The van der Waals surface area contributed by atoms with Gasteiger partial charge in [-0.2, -0.15) is 4.98 Å². The number of anilines is 1. The molecule has 9 heteroatoms. The maximum absolute atomic E-state index is 11.7. The Labute approximate surface area is 100 Å². The van der Waals surface area contributed by atoms with E-state index in [1.807, 2.05) is 0 Å². The lowest BCUT2D eigenvalue weighted by Crippen LogP contribution is -2.11. The molecule has 2 aromatic rings. The molecule has 0 spiro atoms. The van der Waals surface area contributed by atoms with Gasteiger partial charge in [0.2, 0.25) is 0 Å². The molecule has 0 aliphatic heterocycles. The Bertz CT molecular complexity index is 604. The molecule has 0 fully saturated rings. The second-order valence-corrected chi connectivity index (χ2v) is 6.35. The highest BCUT2D eigenvalue weighted by Crippen LogP contribution is 2.24. The number of oxazole rings is 1. The molecule has 0 saturated carbocycles. The predicted octanol–water partition coefficient (Wildman–Crippen LogP) is 1.89. The van der Waals surface area contributed by atoms with Gasteiger partial charge in [0.05, 0.1) is 11.9 Å². The summed E-state index contributed by atoms with van der Waals surface area (Å²) in [4.78, 5) is 7.47. The van der Waals surface area contributed by atoms with E-state index in [2.05, 4.69) is 14.7 Å². The Morgan fingerprint density at radius 1 is 1.56 bits per heavy atom. The zero-order valence-electron chi connectivity index (χ0n) is 7.97. The van der Waals surface area contributed by atoms with E-state index in [0.717, 1.165) is 11.3 Å². The van der Waals surface area contributed by atoms with Crippen molar-refractivity contribution in [1.29, 1.82) is 0 Å². The van der Waals surface area contributed by atoms with E-state index in [9.17, 15) is 8.42 Å². The van der Waals surface area contributed by atoms with Crippen molar-refractivity contribution in [1.82, 2.24) is 9.97 Å². The number of thiazole rings is 1. The molecule has 16 heavy (non-hydrogen) atoms. The fourth-order valence-electron chi connectivity index (χ4n) is 0.929. The van der Waals surface area contributed by atoms with Crippen molar-refractivity contribution in [3.8, 4) is 0 Å². The smallest absolute Gasteiger partial charge is 0.309 e. The molecule has 0 bridgehead atoms. The van der Waals surface area contributed by atoms with Gasteiger partial charge in [-0.1, -0.05) is 22.9 Å². The molecule has 0 radical (unpaired) electrons. The Kier molecular flexibility index (Phi) is 2.87. The molecule has 2 aromatic heterocycles. The number of aryl methyl sites for hydroxylation is 1. The quantitative estimate of drug-likeness (QED) is 0.927.